The zero-order valence-corrected chi connectivity index (χ0v) is 6.66. The largest absolute Gasteiger partial charge is 0.331 e. The number of hydrogen-bond donors (Lipinski definition) is 0. The molecule has 3 heteroatoms. The topological polar surface area (TPSA) is 34.9 Å². The van der Waals surface area contributed by atoms with Gasteiger partial charge in [-0.3, -0.25) is 4.79 Å². The van der Waals surface area contributed by atoms with Crippen molar-refractivity contribution in [2.75, 3.05) is 0 Å². The molecule has 0 atom stereocenters. The summed E-state index contributed by atoms with van der Waals surface area (Å²) in [6.07, 6.45) is 3.33. The molecular weight excluding hydrogens is 140 g/mol. The molecule has 1 heterocycles. The third kappa shape index (κ3) is 1.37. The Hall–Kier alpha value is -1.38. The molecule has 0 amide bonds. The van der Waals surface area contributed by atoms with Gasteiger partial charge < -0.3 is 4.57 Å². The highest BCUT2D eigenvalue weighted by Crippen LogP contribution is 2.01. The first-order chi connectivity index (χ1) is 5.13. The summed E-state index contributed by atoms with van der Waals surface area (Å²) in [6.45, 7) is 5.23. The molecular formula is C8H10N2O. The Morgan fingerprint density at radius 1 is 1.73 bits per heavy atom. The fourth-order valence-corrected chi connectivity index (χ4v) is 0.775. The van der Waals surface area contributed by atoms with E-state index in [9.17, 15) is 4.79 Å². The minimum atomic E-state index is -0.0995. The molecule has 58 valence electrons. The lowest BCUT2D eigenvalue weighted by Crippen LogP contribution is -2.07. The molecule has 0 aliphatic rings. The minimum absolute atomic E-state index is 0.0995. The molecule has 1 aromatic heterocycles. The highest BCUT2D eigenvalue weighted by molar-refractivity contribution is 6.05. The second-order valence-electron chi connectivity index (χ2n) is 2.47. The van der Waals surface area contributed by atoms with Crippen LogP contribution in [0.4, 0.5) is 0 Å². The average molecular weight is 150 g/mol. The lowest BCUT2D eigenvalue weighted by atomic mass is 10.2. The molecule has 0 radical (unpaired) electrons. The van der Waals surface area contributed by atoms with E-state index in [4.69, 9.17) is 0 Å². The first kappa shape index (κ1) is 7.72. The lowest BCUT2D eigenvalue weighted by molar-refractivity contribution is 0.102. The first-order valence-corrected chi connectivity index (χ1v) is 3.30. The van der Waals surface area contributed by atoms with Crippen LogP contribution in [-0.2, 0) is 7.05 Å². The van der Waals surface area contributed by atoms with Crippen LogP contribution in [0.5, 0.6) is 0 Å². The van der Waals surface area contributed by atoms with Crippen molar-refractivity contribution in [2.45, 2.75) is 6.92 Å². The van der Waals surface area contributed by atoms with Crippen LogP contribution in [0.1, 0.15) is 17.5 Å². The van der Waals surface area contributed by atoms with Crippen molar-refractivity contribution in [3.63, 3.8) is 0 Å². The van der Waals surface area contributed by atoms with Crippen molar-refractivity contribution in [2.24, 2.45) is 7.05 Å². The normalized spacial score (nSPS) is 9.64. The second-order valence-corrected chi connectivity index (χ2v) is 2.47. The molecule has 0 aliphatic carbocycles. The van der Waals surface area contributed by atoms with Crippen LogP contribution in [0, 0.1) is 0 Å². The van der Waals surface area contributed by atoms with Gasteiger partial charge in [0.1, 0.15) is 0 Å². The Morgan fingerprint density at radius 3 is 2.73 bits per heavy atom. The van der Waals surface area contributed by atoms with Crippen LogP contribution in [0.2, 0.25) is 0 Å². The monoisotopic (exact) mass is 150 g/mol. The van der Waals surface area contributed by atoms with Crippen LogP contribution >= 0.6 is 0 Å². The van der Waals surface area contributed by atoms with Crippen molar-refractivity contribution >= 4 is 5.78 Å². The number of ketones is 1. The molecule has 0 N–H and O–H groups in total. The number of imidazole rings is 1. The molecule has 0 bridgehead atoms. The minimum Gasteiger partial charge on any atom is -0.331 e. The Bertz CT molecular complexity index is 299. The fraction of sp³-hybridized carbons (Fsp3) is 0.250. The maximum atomic E-state index is 11.2. The molecule has 0 aliphatic heterocycles. The number of nitrogens with zero attached hydrogens (tertiary/aromatic N) is 2. The van der Waals surface area contributed by atoms with Crippen molar-refractivity contribution in [3.8, 4) is 0 Å². The summed E-state index contributed by atoms with van der Waals surface area (Å²) in [5, 5.41) is 0. The maximum absolute atomic E-state index is 11.2. The molecule has 0 saturated carbocycles. The molecule has 1 aromatic rings. The van der Waals surface area contributed by atoms with Crippen LogP contribution < -0.4 is 0 Å². The Balaban J connectivity index is 3.02. The summed E-state index contributed by atoms with van der Waals surface area (Å²) >= 11 is 0. The smallest absolute Gasteiger partial charge is 0.223 e. The van der Waals surface area contributed by atoms with E-state index < -0.39 is 0 Å². The highest BCUT2D eigenvalue weighted by Gasteiger charge is 2.10. The van der Waals surface area contributed by atoms with E-state index >= 15 is 0 Å². The quantitative estimate of drug-likeness (QED) is 0.468. The fourth-order valence-electron chi connectivity index (χ4n) is 0.775. The number of hydrogen-bond acceptors (Lipinski definition) is 2. The van der Waals surface area contributed by atoms with Crippen molar-refractivity contribution in [3.05, 3.63) is 30.4 Å². The standard InChI is InChI=1S/C8H10N2O/c1-6(2)7(11)8-9-4-5-10(8)3/h4-5H,1H2,2-3H3. The molecule has 0 unspecified atom stereocenters. The molecule has 0 fully saturated rings. The summed E-state index contributed by atoms with van der Waals surface area (Å²) < 4.78 is 1.68. The zero-order valence-electron chi connectivity index (χ0n) is 6.66. The Kier molecular flexibility index (Phi) is 1.89. The summed E-state index contributed by atoms with van der Waals surface area (Å²) in [6, 6.07) is 0. The highest BCUT2D eigenvalue weighted by atomic mass is 16.1. The van der Waals surface area contributed by atoms with Crippen LogP contribution in [0.15, 0.2) is 24.5 Å². The van der Waals surface area contributed by atoms with Gasteiger partial charge in [0.25, 0.3) is 0 Å². The third-order valence-corrected chi connectivity index (χ3v) is 1.41. The molecule has 11 heavy (non-hydrogen) atoms. The molecule has 3 nitrogen and oxygen atoms in total. The van der Waals surface area contributed by atoms with Crippen molar-refractivity contribution in [1.82, 2.24) is 9.55 Å². The predicted molar refractivity (Wildman–Crippen MR) is 42.4 cm³/mol. The van der Waals surface area contributed by atoms with E-state index in [0.717, 1.165) is 0 Å². The number of aromatic nitrogens is 2. The molecule has 0 saturated heterocycles. The third-order valence-electron chi connectivity index (χ3n) is 1.41. The predicted octanol–water partition coefficient (Wildman–Crippen LogP) is 1.18. The number of rotatable bonds is 2. The van der Waals surface area contributed by atoms with Gasteiger partial charge in [-0.1, -0.05) is 6.58 Å². The van der Waals surface area contributed by atoms with Gasteiger partial charge in [0, 0.05) is 19.4 Å². The van der Waals surface area contributed by atoms with Gasteiger partial charge in [0.15, 0.2) is 5.82 Å². The second kappa shape index (κ2) is 2.70. The first-order valence-electron chi connectivity index (χ1n) is 3.30. The van der Waals surface area contributed by atoms with Crippen molar-refractivity contribution < 1.29 is 4.79 Å². The summed E-state index contributed by atoms with van der Waals surface area (Å²) in [7, 11) is 1.78. The van der Waals surface area contributed by atoms with E-state index in [0.29, 0.717) is 11.4 Å². The molecule has 0 aromatic carbocycles. The Morgan fingerprint density at radius 2 is 2.36 bits per heavy atom. The molecule has 0 spiro atoms. The van der Waals surface area contributed by atoms with E-state index in [1.54, 1.807) is 30.9 Å². The lowest BCUT2D eigenvalue weighted by Gasteiger charge is -1.97. The zero-order chi connectivity index (χ0) is 8.43. The maximum Gasteiger partial charge on any atom is 0.223 e. The van der Waals surface area contributed by atoms with Crippen LogP contribution in [0.3, 0.4) is 0 Å². The number of aryl methyl sites for hydroxylation is 1. The summed E-state index contributed by atoms with van der Waals surface area (Å²) in [5.41, 5.74) is 0.513. The van der Waals surface area contributed by atoms with Gasteiger partial charge in [-0.05, 0) is 12.5 Å². The van der Waals surface area contributed by atoms with E-state index in [1.807, 2.05) is 0 Å². The number of allylic oxidation sites excluding steroid dienone is 1. The van der Waals surface area contributed by atoms with E-state index in [-0.39, 0.29) is 5.78 Å². The van der Waals surface area contributed by atoms with Gasteiger partial charge in [-0.15, -0.1) is 0 Å². The Labute approximate surface area is 65.4 Å². The summed E-state index contributed by atoms with van der Waals surface area (Å²) in [4.78, 5) is 15.1. The van der Waals surface area contributed by atoms with Gasteiger partial charge in [-0.2, -0.15) is 0 Å². The van der Waals surface area contributed by atoms with Crippen LogP contribution in [-0.4, -0.2) is 15.3 Å². The number of Topliss-reactive ketones (excluding diaryl/α,β-unsaturated/α-hetero) is 1. The van der Waals surface area contributed by atoms with Crippen LogP contribution in [0.25, 0.3) is 0 Å². The number of carbonyl (C=O) groups excluding carboxylic acids is 1. The SMILES string of the molecule is C=C(C)C(=O)c1nccn1C. The number of carbonyl (C=O) groups is 1. The van der Waals surface area contributed by atoms with Gasteiger partial charge in [0.05, 0.1) is 0 Å². The molecule has 1 rings (SSSR count). The van der Waals surface area contributed by atoms with Gasteiger partial charge in [0.2, 0.25) is 5.78 Å². The van der Waals surface area contributed by atoms with E-state index in [2.05, 4.69) is 11.6 Å². The summed E-state index contributed by atoms with van der Waals surface area (Å²) in [5.74, 6) is 0.343. The van der Waals surface area contributed by atoms with Gasteiger partial charge >= 0.3 is 0 Å². The van der Waals surface area contributed by atoms with Crippen molar-refractivity contribution in [1.29, 1.82) is 0 Å². The average Bonchev–Trinajstić information content (AvgIpc) is 2.33. The van der Waals surface area contributed by atoms with E-state index in [1.165, 1.54) is 0 Å². The van der Waals surface area contributed by atoms with Gasteiger partial charge in [-0.25, -0.2) is 4.98 Å².